The van der Waals surface area contributed by atoms with E-state index in [1.807, 2.05) is 29.6 Å². The predicted octanol–water partition coefficient (Wildman–Crippen LogP) is 5.58. The molecule has 0 atom stereocenters. The number of halogens is 2. The molecule has 0 aliphatic carbocycles. The molecule has 6 nitrogen and oxygen atoms in total. The monoisotopic (exact) mass is 495 g/mol. The van der Waals surface area contributed by atoms with E-state index in [2.05, 4.69) is 4.98 Å². The normalized spacial score (nSPS) is 11.1. The summed E-state index contributed by atoms with van der Waals surface area (Å²) in [7, 11) is 1.59. The highest BCUT2D eigenvalue weighted by Crippen LogP contribution is 2.34. The summed E-state index contributed by atoms with van der Waals surface area (Å²) < 4.78 is 7.85. The molecule has 33 heavy (non-hydrogen) atoms. The van der Waals surface area contributed by atoms with Crippen molar-refractivity contribution in [1.82, 2.24) is 14.1 Å². The Morgan fingerprint density at radius 1 is 0.939 bits per heavy atom. The average Bonchev–Trinajstić information content (AvgIpc) is 3.27. The van der Waals surface area contributed by atoms with Gasteiger partial charge in [-0.25, -0.2) is 9.36 Å². The molecule has 0 saturated heterocycles. The molecule has 2 aromatic carbocycles. The number of thiophene rings is 1. The number of aromatic nitrogens is 3. The lowest BCUT2D eigenvalue weighted by Crippen LogP contribution is -2.38. The van der Waals surface area contributed by atoms with E-state index in [0.29, 0.717) is 42.9 Å². The first-order chi connectivity index (χ1) is 16.0. The van der Waals surface area contributed by atoms with Crippen molar-refractivity contribution in [2.45, 2.75) is 0 Å². The summed E-state index contributed by atoms with van der Waals surface area (Å²) in [5.41, 5.74) is 1.47. The number of nitrogens with zero attached hydrogens (tertiary/aromatic N) is 3. The van der Waals surface area contributed by atoms with Gasteiger partial charge in [0.2, 0.25) is 0 Å². The van der Waals surface area contributed by atoms with Gasteiger partial charge in [0.25, 0.3) is 5.56 Å². The molecule has 3 aromatic heterocycles. The summed E-state index contributed by atoms with van der Waals surface area (Å²) in [6.07, 6.45) is 3.06. The number of methoxy groups -OCH3 is 1. The lowest BCUT2D eigenvalue weighted by molar-refractivity contribution is 0.415. The van der Waals surface area contributed by atoms with Gasteiger partial charge in [0.15, 0.2) is 0 Å². The van der Waals surface area contributed by atoms with Crippen LogP contribution in [0.25, 0.3) is 32.7 Å². The van der Waals surface area contributed by atoms with Gasteiger partial charge in [-0.15, -0.1) is 11.3 Å². The molecule has 0 unspecified atom stereocenters. The van der Waals surface area contributed by atoms with E-state index in [0.717, 1.165) is 10.1 Å². The fourth-order valence-corrected chi connectivity index (χ4v) is 5.03. The largest absolute Gasteiger partial charge is 0.497 e. The highest BCUT2D eigenvalue weighted by molar-refractivity contribution is 7.17. The number of fused-ring (bicyclic) bond motifs is 1. The van der Waals surface area contributed by atoms with Crippen molar-refractivity contribution in [3.63, 3.8) is 0 Å². The van der Waals surface area contributed by atoms with Crippen LogP contribution in [0.3, 0.4) is 0 Å². The van der Waals surface area contributed by atoms with Crippen LogP contribution in [0.1, 0.15) is 0 Å². The lowest BCUT2D eigenvalue weighted by atomic mass is 10.1. The molecule has 5 aromatic rings. The maximum Gasteiger partial charge on any atom is 0.341 e. The molecular formula is C24H15Cl2N3O3S. The van der Waals surface area contributed by atoms with E-state index in [4.69, 9.17) is 27.9 Å². The van der Waals surface area contributed by atoms with Gasteiger partial charge in [-0.3, -0.25) is 14.3 Å². The minimum absolute atomic E-state index is 0.306. The van der Waals surface area contributed by atoms with Crippen LogP contribution >= 0.6 is 34.5 Å². The Bertz CT molecular complexity index is 1610. The van der Waals surface area contributed by atoms with Crippen molar-refractivity contribution in [3.8, 4) is 28.3 Å². The Labute approximate surface area is 201 Å². The predicted molar refractivity (Wildman–Crippen MR) is 133 cm³/mol. The van der Waals surface area contributed by atoms with Gasteiger partial charge < -0.3 is 4.74 Å². The first kappa shape index (κ1) is 21.5. The van der Waals surface area contributed by atoms with Crippen molar-refractivity contribution < 1.29 is 4.74 Å². The third-order valence-corrected chi connectivity index (χ3v) is 6.94. The van der Waals surface area contributed by atoms with Gasteiger partial charge in [-0.05, 0) is 48.0 Å². The summed E-state index contributed by atoms with van der Waals surface area (Å²) in [6, 6.07) is 15.7. The van der Waals surface area contributed by atoms with Crippen molar-refractivity contribution >= 4 is 44.8 Å². The second-order valence-electron chi connectivity index (χ2n) is 7.13. The maximum absolute atomic E-state index is 13.7. The Balaban J connectivity index is 1.90. The van der Waals surface area contributed by atoms with E-state index in [1.54, 1.807) is 43.6 Å². The first-order valence-corrected chi connectivity index (χ1v) is 11.4. The van der Waals surface area contributed by atoms with Crippen molar-refractivity contribution in [3.05, 3.63) is 103 Å². The third kappa shape index (κ3) is 3.64. The number of hydrogen-bond donors (Lipinski definition) is 0. The molecule has 9 heteroatoms. The van der Waals surface area contributed by atoms with E-state index in [-0.39, 0.29) is 0 Å². The van der Waals surface area contributed by atoms with Crippen LogP contribution in [0, 0.1) is 0 Å². The Hall–Kier alpha value is -3.39. The molecule has 0 aliphatic heterocycles. The number of pyridine rings is 1. The smallest absolute Gasteiger partial charge is 0.341 e. The zero-order valence-corrected chi connectivity index (χ0v) is 19.5. The van der Waals surface area contributed by atoms with E-state index < -0.39 is 11.2 Å². The lowest BCUT2D eigenvalue weighted by Gasteiger charge is -2.13. The fraction of sp³-hybridized carbons (Fsp3) is 0.0417. The summed E-state index contributed by atoms with van der Waals surface area (Å²) in [5.74, 6) is 0.707. The number of hydrogen-bond acceptors (Lipinski definition) is 5. The zero-order chi connectivity index (χ0) is 23.1. The Morgan fingerprint density at radius 3 is 2.39 bits per heavy atom. The molecule has 164 valence electrons. The summed E-state index contributed by atoms with van der Waals surface area (Å²) in [4.78, 5) is 31.9. The first-order valence-electron chi connectivity index (χ1n) is 9.79. The second-order valence-corrected chi connectivity index (χ2v) is 8.80. The molecule has 0 radical (unpaired) electrons. The molecule has 0 spiro atoms. The zero-order valence-electron chi connectivity index (χ0n) is 17.2. The van der Waals surface area contributed by atoms with Crippen LogP contribution in [0.2, 0.25) is 10.0 Å². The van der Waals surface area contributed by atoms with Crippen molar-refractivity contribution in [2.24, 2.45) is 0 Å². The van der Waals surface area contributed by atoms with Gasteiger partial charge in [0.05, 0.1) is 40.1 Å². The maximum atomic E-state index is 13.7. The Morgan fingerprint density at radius 2 is 1.73 bits per heavy atom. The average molecular weight is 496 g/mol. The minimum Gasteiger partial charge on any atom is -0.497 e. The number of ether oxygens (including phenoxy) is 1. The minimum atomic E-state index is -0.526. The van der Waals surface area contributed by atoms with Crippen LogP contribution in [-0.2, 0) is 0 Å². The second kappa shape index (κ2) is 8.51. The molecular weight excluding hydrogens is 481 g/mol. The molecule has 0 N–H and O–H groups in total. The SMILES string of the molecule is COc1ccc(-c2csc3c2c(=O)n(-c2cccnc2)c(=O)n3-c2ccc(Cl)c(Cl)c2)cc1. The van der Waals surface area contributed by atoms with Crippen LogP contribution in [0.15, 0.2) is 82.0 Å². The number of rotatable bonds is 4. The summed E-state index contributed by atoms with van der Waals surface area (Å²) in [5, 5.41) is 2.96. The van der Waals surface area contributed by atoms with Gasteiger partial charge in [0, 0.05) is 17.1 Å². The van der Waals surface area contributed by atoms with Crippen LogP contribution in [0.5, 0.6) is 5.75 Å². The molecule has 0 fully saturated rings. The molecule has 5 rings (SSSR count). The quantitative estimate of drug-likeness (QED) is 0.326. The standard InChI is InChI=1S/C24H15Cl2N3O3S/c1-32-17-7-4-14(5-8-17)18-13-33-23-21(18)22(30)28(16-3-2-10-27-12-16)24(31)29(23)15-6-9-19(25)20(26)11-15/h2-13H,1H3. The van der Waals surface area contributed by atoms with Gasteiger partial charge >= 0.3 is 5.69 Å². The third-order valence-electron chi connectivity index (χ3n) is 5.24. The van der Waals surface area contributed by atoms with Crippen LogP contribution in [-0.4, -0.2) is 21.2 Å². The Kier molecular flexibility index (Phi) is 5.54. The van der Waals surface area contributed by atoms with Crippen molar-refractivity contribution in [1.29, 1.82) is 0 Å². The van der Waals surface area contributed by atoms with Gasteiger partial charge in [0.1, 0.15) is 10.6 Å². The van der Waals surface area contributed by atoms with E-state index in [1.165, 1.54) is 22.1 Å². The van der Waals surface area contributed by atoms with E-state index in [9.17, 15) is 9.59 Å². The van der Waals surface area contributed by atoms with Gasteiger partial charge in [-0.2, -0.15) is 0 Å². The van der Waals surface area contributed by atoms with Gasteiger partial charge in [-0.1, -0.05) is 35.3 Å². The molecule has 3 heterocycles. The summed E-state index contributed by atoms with van der Waals surface area (Å²) in [6.45, 7) is 0. The number of benzene rings is 2. The van der Waals surface area contributed by atoms with Crippen LogP contribution < -0.4 is 16.0 Å². The fourth-order valence-electron chi connectivity index (χ4n) is 3.65. The van der Waals surface area contributed by atoms with Crippen LogP contribution in [0.4, 0.5) is 0 Å². The highest BCUT2D eigenvalue weighted by atomic mass is 35.5. The molecule has 0 bridgehead atoms. The summed E-state index contributed by atoms with van der Waals surface area (Å²) >= 11 is 13.7. The highest BCUT2D eigenvalue weighted by Gasteiger charge is 2.21. The molecule has 0 aliphatic rings. The molecule has 0 saturated carbocycles. The van der Waals surface area contributed by atoms with Crippen molar-refractivity contribution in [2.75, 3.05) is 7.11 Å². The van der Waals surface area contributed by atoms with E-state index >= 15 is 0 Å². The topological polar surface area (TPSA) is 66.1 Å². The molecule has 0 amide bonds.